The average molecular weight is 538 g/mol. The van der Waals surface area contributed by atoms with Gasteiger partial charge in [-0.05, 0) is 55.4 Å². The number of carbonyl (C=O) groups excluding carboxylic acids is 2. The Labute approximate surface area is 234 Å². The fourth-order valence-electron chi connectivity index (χ4n) is 5.30. The fraction of sp³-hybridized carbons (Fsp3) is 0.281. The minimum Gasteiger partial charge on any atom is -0.383 e. The lowest BCUT2D eigenvalue weighted by Crippen LogP contribution is -2.25. The van der Waals surface area contributed by atoms with Gasteiger partial charge >= 0.3 is 0 Å². The molecule has 8 nitrogen and oxygen atoms in total. The van der Waals surface area contributed by atoms with Crippen LogP contribution < -0.4 is 16.8 Å². The molecule has 8 heteroatoms. The van der Waals surface area contributed by atoms with Crippen molar-refractivity contribution in [3.05, 3.63) is 107 Å². The van der Waals surface area contributed by atoms with E-state index in [4.69, 9.17) is 21.3 Å². The second-order valence-electron chi connectivity index (χ2n) is 10.3. The SMILES string of the molecule is Cc1ccccc1C(=O)NCc1ccc(-c2nn(C3CCC(OCc4ccccc4)CC3)c(N)c2C(N)=O)cc1. The molecule has 0 spiro atoms. The van der Waals surface area contributed by atoms with Gasteiger partial charge < -0.3 is 21.5 Å². The zero-order valence-electron chi connectivity index (χ0n) is 22.7. The molecule has 1 aliphatic carbocycles. The largest absolute Gasteiger partial charge is 0.383 e. The lowest BCUT2D eigenvalue weighted by molar-refractivity contribution is 0.00764. The third-order valence-corrected chi connectivity index (χ3v) is 7.58. The van der Waals surface area contributed by atoms with Crippen LogP contribution in [0.2, 0.25) is 0 Å². The van der Waals surface area contributed by atoms with E-state index in [1.54, 1.807) is 4.68 Å². The summed E-state index contributed by atoms with van der Waals surface area (Å²) >= 11 is 0. The molecule has 3 aromatic carbocycles. The molecule has 1 saturated carbocycles. The lowest BCUT2D eigenvalue weighted by atomic mass is 9.93. The van der Waals surface area contributed by atoms with Crippen LogP contribution in [0.4, 0.5) is 5.82 Å². The van der Waals surface area contributed by atoms with Gasteiger partial charge in [0.15, 0.2) is 0 Å². The number of nitrogen functional groups attached to an aromatic ring is 1. The van der Waals surface area contributed by atoms with Crippen LogP contribution in [-0.4, -0.2) is 27.7 Å². The van der Waals surface area contributed by atoms with Gasteiger partial charge in [-0.15, -0.1) is 0 Å². The van der Waals surface area contributed by atoms with Gasteiger partial charge in [0.1, 0.15) is 17.1 Å². The summed E-state index contributed by atoms with van der Waals surface area (Å²) in [4.78, 5) is 25.0. The number of nitrogens with two attached hydrogens (primary N) is 2. The van der Waals surface area contributed by atoms with E-state index in [9.17, 15) is 9.59 Å². The molecule has 2 amide bonds. The first-order valence-corrected chi connectivity index (χ1v) is 13.7. The molecule has 0 atom stereocenters. The quantitative estimate of drug-likeness (QED) is 0.272. The number of aryl methyl sites for hydroxylation is 1. The minimum atomic E-state index is -0.604. The number of anilines is 1. The first-order valence-electron chi connectivity index (χ1n) is 13.7. The van der Waals surface area contributed by atoms with Crippen molar-refractivity contribution < 1.29 is 14.3 Å². The first-order chi connectivity index (χ1) is 19.4. The van der Waals surface area contributed by atoms with Gasteiger partial charge in [-0.1, -0.05) is 72.8 Å². The number of rotatable bonds is 9. The molecular weight excluding hydrogens is 502 g/mol. The number of nitrogens with one attached hydrogen (secondary N) is 1. The molecule has 0 bridgehead atoms. The zero-order valence-corrected chi connectivity index (χ0v) is 22.7. The number of ether oxygens (including phenoxy) is 1. The standard InChI is InChI=1S/C32H35N5O3/c1-21-7-5-6-10-27(21)32(39)35-19-22-11-13-24(14-12-22)29-28(31(34)38)30(33)37(36-29)25-15-17-26(18-16-25)40-20-23-8-3-2-4-9-23/h2-14,25-26H,15-20,33H2,1H3,(H2,34,38)(H,35,39). The van der Waals surface area contributed by atoms with Crippen molar-refractivity contribution in [1.82, 2.24) is 15.1 Å². The van der Waals surface area contributed by atoms with Gasteiger partial charge in [0.05, 0.1) is 18.8 Å². The topological polar surface area (TPSA) is 125 Å². The van der Waals surface area contributed by atoms with Crippen molar-refractivity contribution in [2.45, 2.75) is 57.9 Å². The minimum absolute atomic E-state index is 0.0688. The van der Waals surface area contributed by atoms with E-state index in [0.717, 1.165) is 47.9 Å². The Kier molecular flexibility index (Phi) is 8.26. The van der Waals surface area contributed by atoms with Crippen LogP contribution in [0.3, 0.4) is 0 Å². The Balaban J connectivity index is 1.24. The molecule has 5 rings (SSSR count). The molecular formula is C32H35N5O3. The van der Waals surface area contributed by atoms with Crippen LogP contribution >= 0.6 is 0 Å². The molecule has 0 saturated heterocycles. The summed E-state index contributed by atoms with van der Waals surface area (Å²) in [5.41, 5.74) is 17.3. The summed E-state index contributed by atoms with van der Waals surface area (Å²) in [6.45, 7) is 2.89. The predicted molar refractivity (Wildman–Crippen MR) is 155 cm³/mol. The number of nitrogens with zero attached hydrogens (tertiary/aromatic N) is 2. The van der Waals surface area contributed by atoms with Crippen LogP contribution in [-0.2, 0) is 17.9 Å². The fourth-order valence-corrected chi connectivity index (χ4v) is 5.30. The second-order valence-corrected chi connectivity index (χ2v) is 10.3. The van der Waals surface area contributed by atoms with Gasteiger partial charge in [-0.3, -0.25) is 9.59 Å². The lowest BCUT2D eigenvalue weighted by Gasteiger charge is -2.29. The molecule has 5 N–H and O–H groups in total. The number of primary amides is 1. The number of hydrogen-bond donors (Lipinski definition) is 3. The maximum absolute atomic E-state index is 12.6. The highest BCUT2D eigenvalue weighted by molar-refractivity contribution is 6.03. The van der Waals surface area contributed by atoms with Crippen molar-refractivity contribution in [2.75, 3.05) is 5.73 Å². The number of benzene rings is 3. The van der Waals surface area contributed by atoms with Crippen molar-refractivity contribution in [1.29, 1.82) is 0 Å². The van der Waals surface area contributed by atoms with E-state index in [1.807, 2.05) is 73.7 Å². The van der Waals surface area contributed by atoms with Crippen LogP contribution in [0.5, 0.6) is 0 Å². The van der Waals surface area contributed by atoms with E-state index in [-0.39, 0.29) is 23.6 Å². The van der Waals surface area contributed by atoms with E-state index < -0.39 is 5.91 Å². The summed E-state index contributed by atoms with van der Waals surface area (Å²) < 4.78 is 7.90. The maximum atomic E-state index is 12.6. The van der Waals surface area contributed by atoms with E-state index >= 15 is 0 Å². The molecule has 0 radical (unpaired) electrons. The normalized spacial score (nSPS) is 16.9. The van der Waals surface area contributed by atoms with Crippen LogP contribution in [0.25, 0.3) is 11.3 Å². The molecule has 40 heavy (non-hydrogen) atoms. The summed E-state index contributed by atoms with van der Waals surface area (Å²) in [6.07, 6.45) is 3.66. The van der Waals surface area contributed by atoms with Crippen LogP contribution in [0.1, 0.15) is 69.1 Å². The summed E-state index contributed by atoms with van der Waals surface area (Å²) in [7, 11) is 0. The molecule has 4 aromatic rings. The number of carbonyl (C=O) groups is 2. The third kappa shape index (κ3) is 6.07. The molecule has 0 unspecified atom stereocenters. The Bertz CT molecular complexity index is 1470. The van der Waals surface area contributed by atoms with E-state index in [1.165, 1.54) is 0 Å². The zero-order chi connectivity index (χ0) is 28.1. The van der Waals surface area contributed by atoms with Gasteiger partial charge in [-0.2, -0.15) is 5.10 Å². The Morgan fingerprint density at radius 1 is 0.925 bits per heavy atom. The Morgan fingerprint density at radius 3 is 2.27 bits per heavy atom. The third-order valence-electron chi connectivity index (χ3n) is 7.58. The predicted octanol–water partition coefficient (Wildman–Crippen LogP) is 5.17. The number of amides is 2. The molecule has 1 aliphatic rings. The van der Waals surface area contributed by atoms with Crippen molar-refractivity contribution in [3.63, 3.8) is 0 Å². The molecule has 1 fully saturated rings. The Hall–Kier alpha value is -4.43. The van der Waals surface area contributed by atoms with Crippen LogP contribution in [0.15, 0.2) is 78.9 Å². The summed E-state index contributed by atoms with van der Waals surface area (Å²) in [6, 6.07) is 25.3. The van der Waals surface area contributed by atoms with Gasteiger partial charge in [-0.25, -0.2) is 4.68 Å². The highest BCUT2D eigenvalue weighted by Crippen LogP contribution is 2.35. The molecule has 1 heterocycles. The summed E-state index contributed by atoms with van der Waals surface area (Å²) in [5.74, 6) is -0.427. The van der Waals surface area contributed by atoms with Gasteiger partial charge in [0.25, 0.3) is 11.8 Å². The van der Waals surface area contributed by atoms with Gasteiger partial charge in [0, 0.05) is 17.7 Å². The summed E-state index contributed by atoms with van der Waals surface area (Å²) in [5, 5.41) is 7.74. The van der Waals surface area contributed by atoms with E-state index in [0.29, 0.717) is 30.2 Å². The Morgan fingerprint density at radius 2 is 1.60 bits per heavy atom. The van der Waals surface area contributed by atoms with Crippen molar-refractivity contribution in [2.24, 2.45) is 5.73 Å². The number of hydrogen-bond acceptors (Lipinski definition) is 5. The van der Waals surface area contributed by atoms with Crippen molar-refractivity contribution in [3.8, 4) is 11.3 Å². The second kappa shape index (κ2) is 12.2. The highest BCUT2D eigenvalue weighted by Gasteiger charge is 2.29. The maximum Gasteiger partial charge on any atom is 0.254 e. The van der Waals surface area contributed by atoms with Crippen LogP contribution in [0, 0.1) is 6.92 Å². The highest BCUT2D eigenvalue weighted by atomic mass is 16.5. The monoisotopic (exact) mass is 537 g/mol. The first kappa shape index (κ1) is 27.1. The average Bonchev–Trinajstić information content (AvgIpc) is 3.33. The van der Waals surface area contributed by atoms with Crippen molar-refractivity contribution >= 4 is 17.6 Å². The molecule has 1 aromatic heterocycles. The van der Waals surface area contributed by atoms with E-state index in [2.05, 4.69) is 17.4 Å². The smallest absolute Gasteiger partial charge is 0.254 e. The molecule has 0 aliphatic heterocycles. The molecule has 206 valence electrons. The van der Waals surface area contributed by atoms with Gasteiger partial charge in [0.2, 0.25) is 0 Å². The number of aromatic nitrogens is 2.